The van der Waals surface area contributed by atoms with Gasteiger partial charge in [0.2, 0.25) is 5.91 Å². The molecule has 180 valence electrons. The number of carbonyl (C=O) groups is 3. The van der Waals surface area contributed by atoms with Gasteiger partial charge >= 0.3 is 5.97 Å². The summed E-state index contributed by atoms with van der Waals surface area (Å²) < 4.78 is 5.48. The van der Waals surface area contributed by atoms with Crippen LogP contribution in [0.5, 0.6) is 0 Å². The van der Waals surface area contributed by atoms with Crippen molar-refractivity contribution in [3.05, 3.63) is 81.8 Å². The van der Waals surface area contributed by atoms with Crippen LogP contribution in [0.3, 0.4) is 0 Å². The molecule has 0 saturated heterocycles. The van der Waals surface area contributed by atoms with Crippen LogP contribution in [0.1, 0.15) is 42.9 Å². The summed E-state index contributed by atoms with van der Waals surface area (Å²) in [5, 5.41) is 0. The number of aryl methyl sites for hydroxylation is 2. The van der Waals surface area contributed by atoms with Gasteiger partial charge in [-0.05, 0) is 51.3 Å². The van der Waals surface area contributed by atoms with Gasteiger partial charge in [0, 0.05) is 36.0 Å². The number of benzene rings is 2. The number of likely N-dealkylation sites (N-methyl/N-ethyl adjacent to an activating group) is 1. The number of anilines is 2. The van der Waals surface area contributed by atoms with Crippen molar-refractivity contribution in [2.24, 2.45) is 5.73 Å². The number of ether oxygens (including phenoxy) is 1. The summed E-state index contributed by atoms with van der Waals surface area (Å²) in [6.07, 6.45) is 1.51. The standard InChI is InChI=1S/C28H29N3O4/c1-5-35-26(33)24-25(29)31(19-14-13-16(2)15-17(19)3)21-11-8-12-22(32)23(21)28(24)18-9-6-7-10-20(18)30(4)27(28)34/h6-7,9-10,13-15H,5,8,11-12,29H2,1-4H3. The van der Waals surface area contributed by atoms with Gasteiger partial charge < -0.3 is 15.4 Å². The molecule has 7 heteroatoms. The summed E-state index contributed by atoms with van der Waals surface area (Å²) in [7, 11) is 1.67. The number of rotatable bonds is 3. The molecule has 2 aromatic rings. The highest BCUT2D eigenvalue weighted by atomic mass is 16.5. The third-order valence-corrected chi connectivity index (χ3v) is 7.27. The zero-order valence-electron chi connectivity index (χ0n) is 20.5. The number of carbonyl (C=O) groups excluding carboxylic acids is 3. The molecule has 1 unspecified atom stereocenters. The van der Waals surface area contributed by atoms with Gasteiger partial charge in [-0.25, -0.2) is 4.79 Å². The molecule has 0 saturated carbocycles. The second-order valence-electron chi connectivity index (χ2n) is 9.34. The van der Waals surface area contributed by atoms with Crippen molar-refractivity contribution in [1.82, 2.24) is 0 Å². The van der Waals surface area contributed by atoms with E-state index in [0.717, 1.165) is 16.8 Å². The van der Waals surface area contributed by atoms with Crippen LogP contribution >= 0.6 is 0 Å². The predicted molar refractivity (Wildman–Crippen MR) is 134 cm³/mol. The summed E-state index contributed by atoms with van der Waals surface area (Å²) in [5.74, 6) is -1.08. The van der Waals surface area contributed by atoms with Crippen molar-refractivity contribution >= 4 is 29.0 Å². The van der Waals surface area contributed by atoms with Crippen LogP contribution in [0.4, 0.5) is 11.4 Å². The Morgan fingerprint density at radius 3 is 2.54 bits per heavy atom. The fourth-order valence-corrected chi connectivity index (χ4v) is 5.89. The highest BCUT2D eigenvalue weighted by Gasteiger charge is 2.63. The summed E-state index contributed by atoms with van der Waals surface area (Å²) in [5.41, 5.74) is 10.3. The number of para-hydroxylation sites is 1. The third kappa shape index (κ3) is 3.00. The largest absolute Gasteiger partial charge is 0.462 e. The summed E-state index contributed by atoms with van der Waals surface area (Å²) in [6.45, 7) is 5.79. The van der Waals surface area contributed by atoms with Crippen molar-refractivity contribution < 1.29 is 19.1 Å². The lowest BCUT2D eigenvalue weighted by Gasteiger charge is -2.45. The molecule has 2 aliphatic heterocycles. The number of hydrogen-bond donors (Lipinski definition) is 1. The number of hydrogen-bond acceptors (Lipinski definition) is 6. The average Bonchev–Trinajstić information content (AvgIpc) is 3.03. The quantitative estimate of drug-likeness (QED) is 0.685. The molecule has 5 rings (SSSR count). The van der Waals surface area contributed by atoms with Crippen LogP contribution in [0.2, 0.25) is 0 Å². The molecule has 0 radical (unpaired) electrons. The average molecular weight is 472 g/mol. The molecule has 2 aromatic carbocycles. The van der Waals surface area contributed by atoms with Crippen LogP contribution in [0.25, 0.3) is 0 Å². The minimum atomic E-state index is -1.64. The van der Waals surface area contributed by atoms with E-state index in [4.69, 9.17) is 10.5 Å². The van der Waals surface area contributed by atoms with E-state index in [9.17, 15) is 14.4 Å². The van der Waals surface area contributed by atoms with Gasteiger partial charge in [-0.15, -0.1) is 0 Å². The van der Waals surface area contributed by atoms with E-state index in [-0.39, 0.29) is 29.7 Å². The molecule has 7 nitrogen and oxygen atoms in total. The fraction of sp³-hybridized carbons (Fsp3) is 0.321. The van der Waals surface area contributed by atoms with Crippen LogP contribution in [0, 0.1) is 13.8 Å². The van der Waals surface area contributed by atoms with Gasteiger partial charge in [0.05, 0.1) is 12.3 Å². The Balaban J connectivity index is 1.92. The van der Waals surface area contributed by atoms with Crippen LogP contribution < -0.4 is 15.5 Å². The van der Waals surface area contributed by atoms with Crippen molar-refractivity contribution in [3.63, 3.8) is 0 Å². The number of fused-ring (bicyclic) bond motifs is 3. The van der Waals surface area contributed by atoms with E-state index < -0.39 is 11.4 Å². The smallest absolute Gasteiger partial charge is 0.339 e. The zero-order valence-corrected chi connectivity index (χ0v) is 20.5. The molecule has 1 amide bonds. The van der Waals surface area contributed by atoms with Crippen LogP contribution in [-0.4, -0.2) is 31.3 Å². The topological polar surface area (TPSA) is 92.9 Å². The van der Waals surface area contributed by atoms with Gasteiger partial charge in [0.15, 0.2) is 5.78 Å². The van der Waals surface area contributed by atoms with Crippen molar-refractivity contribution in [2.75, 3.05) is 23.5 Å². The number of nitrogens with zero attached hydrogens (tertiary/aromatic N) is 2. The molecule has 2 heterocycles. The van der Waals surface area contributed by atoms with E-state index in [1.807, 2.05) is 56.3 Å². The number of amides is 1. The molecule has 1 aliphatic carbocycles. The number of ketones is 1. The van der Waals surface area contributed by atoms with E-state index in [0.29, 0.717) is 41.8 Å². The Bertz CT molecular complexity index is 1360. The lowest BCUT2D eigenvalue weighted by molar-refractivity contribution is -0.140. The maximum absolute atomic E-state index is 14.2. The number of Topliss-reactive ketones (excluding diaryl/α,β-unsaturated/α-hetero) is 1. The maximum atomic E-state index is 14.2. The van der Waals surface area contributed by atoms with E-state index in [1.165, 1.54) is 4.90 Å². The molecule has 35 heavy (non-hydrogen) atoms. The number of allylic oxidation sites excluding steroid dienone is 1. The van der Waals surface area contributed by atoms with Gasteiger partial charge in [0.1, 0.15) is 16.8 Å². The Kier molecular flexibility index (Phi) is 5.31. The molecule has 3 aliphatic rings. The van der Waals surface area contributed by atoms with Gasteiger partial charge in [-0.1, -0.05) is 35.9 Å². The lowest BCUT2D eigenvalue weighted by Crippen LogP contribution is -2.54. The zero-order chi connectivity index (χ0) is 25.1. The second kappa shape index (κ2) is 8.12. The minimum Gasteiger partial charge on any atom is -0.462 e. The Hall–Kier alpha value is -3.87. The third-order valence-electron chi connectivity index (χ3n) is 7.27. The molecule has 0 bridgehead atoms. The fourth-order valence-electron chi connectivity index (χ4n) is 5.89. The first-order valence-electron chi connectivity index (χ1n) is 11.9. The molecule has 1 atom stereocenters. The molecular weight excluding hydrogens is 442 g/mol. The molecule has 2 N–H and O–H groups in total. The highest BCUT2D eigenvalue weighted by molar-refractivity contribution is 6.24. The Labute approximate surface area is 204 Å². The SMILES string of the molecule is CCOC(=O)C1=C(N)N(c2ccc(C)cc2C)C2=C(C(=O)CCC2)C12C(=O)N(C)c1ccccc12. The minimum absolute atomic E-state index is 0.00937. The first-order chi connectivity index (χ1) is 16.7. The van der Waals surface area contributed by atoms with Crippen molar-refractivity contribution in [2.45, 2.75) is 45.4 Å². The summed E-state index contributed by atoms with van der Waals surface area (Å²) >= 11 is 0. The van der Waals surface area contributed by atoms with E-state index in [2.05, 4.69) is 0 Å². The first kappa shape index (κ1) is 22.9. The number of esters is 1. The molecular formula is C28H29N3O4. The Morgan fingerprint density at radius 2 is 1.83 bits per heavy atom. The summed E-state index contributed by atoms with van der Waals surface area (Å²) in [4.78, 5) is 44.9. The van der Waals surface area contributed by atoms with Crippen molar-refractivity contribution in [3.8, 4) is 0 Å². The predicted octanol–water partition coefficient (Wildman–Crippen LogP) is 3.78. The first-order valence-corrected chi connectivity index (χ1v) is 11.9. The van der Waals surface area contributed by atoms with Crippen molar-refractivity contribution in [1.29, 1.82) is 0 Å². The Morgan fingerprint density at radius 1 is 1.09 bits per heavy atom. The van der Waals surface area contributed by atoms with Gasteiger partial charge in [-0.3, -0.25) is 14.5 Å². The lowest BCUT2D eigenvalue weighted by atomic mass is 9.63. The van der Waals surface area contributed by atoms with Crippen LogP contribution in [-0.2, 0) is 24.5 Å². The van der Waals surface area contributed by atoms with E-state index >= 15 is 0 Å². The van der Waals surface area contributed by atoms with Gasteiger partial charge in [-0.2, -0.15) is 0 Å². The van der Waals surface area contributed by atoms with Gasteiger partial charge in [0.25, 0.3) is 0 Å². The van der Waals surface area contributed by atoms with Crippen LogP contribution in [0.15, 0.2) is 65.1 Å². The summed E-state index contributed by atoms with van der Waals surface area (Å²) in [6, 6.07) is 13.2. The van der Waals surface area contributed by atoms with E-state index in [1.54, 1.807) is 18.9 Å². The molecule has 1 spiro atoms. The highest BCUT2D eigenvalue weighted by Crippen LogP contribution is 2.57. The normalized spacial score (nSPS) is 21.6. The second-order valence-corrected chi connectivity index (χ2v) is 9.34. The monoisotopic (exact) mass is 471 g/mol. The molecule has 0 aromatic heterocycles. The molecule has 0 fully saturated rings. The maximum Gasteiger partial charge on any atom is 0.339 e. The number of nitrogens with two attached hydrogens (primary N) is 1.